The van der Waals surface area contributed by atoms with E-state index >= 15 is 0 Å². The first-order valence-electron chi connectivity index (χ1n) is 7.61. The third kappa shape index (κ3) is 3.51. The van der Waals surface area contributed by atoms with Crippen molar-refractivity contribution in [3.05, 3.63) is 54.6 Å². The molecule has 0 unspecified atom stereocenters. The highest BCUT2D eigenvalue weighted by Crippen LogP contribution is 2.20. The molecule has 0 spiro atoms. The van der Waals surface area contributed by atoms with E-state index in [1.807, 2.05) is 61.5 Å². The fourth-order valence-electron chi connectivity index (χ4n) is 2.34. The Morgan fingerprint density at radius 1 is 1.13 bits per heavy atom. The second kappa shape index (κ2) is 6.96. The lowest BCUT2D eigenvalue weighted by Gasteiger charge is -2.21. The van der Waals surface area contributed by atoms with Crippen LogP contribution in [0, 0.1) is 0 Å². The average Bonchev–Trinajstić information content (AvgIpc) is 3.01. The summed E-state index contributed by atoms with van der Waals surface area (Å²) in [5.74, 6) is -0.125. The van der Waals surface area contributed by atoms with Crippen LogP contribution in [-0.4, -0.2) is 24.0 Å². The number of benzene rings is 2. The number of carbonyl (C=O) groups is 1. The molecule has 0 radical (unpaired) electrons. The lowest BCUT2D eigenvalue weighted by Crippen LogP contribution is -2.35. The zero-order chi connectivity index (χ0) is 16.1. The van der Waals surface area contributed by atoms with Crippen LogP contribution in [0.5, 0.6) is 6.08 Å². The summed E-state index contributed by atoms with van der Waals surface area (Å²) < 4.78 is 10.9. The van der Waals surface area contributed by atoms with Gasteiger partial charge in [-0.15, -0.1) is 0 Å². The Morgan fingerprint density at radius 2 is 1.87 bits per heavy atom. The highest BCUT2D eigenvalue weighted by atomic mass is 16.6. The molecule has 0 bridgehead atoms. The Bertz CT molecular complexity index is 750. The summed E-state index contributed by atoms with van der Waals surface area (Å²) in [5.41, 5.74) is 2.22. The number of hydrogen-bond acceptors (Lipinski definition) is 4. The van der Waals surface area contributed by atoms with Gasteiger partial charge in [0.15, 0.2) is 12.2 Å². The highest BCUT2D eigenvalue weighted by Gasteiger charge is 2.16. The van der Waals surface area contributed by atoms with Crippen LogP contribution < -0.4 is 9.64 Å². The van der Waals surface area contributed by atoms with E-state index in [0.29, 0.717) is 17.6 Å². The van der Waals surface area contributed by atoms with Gasteiger partial charge in [0.1, 0.15) is 5.52 Å². The van der Waals surface area contributed by atoms with Crippen molar-refractivity contribution < 1.29 is 13.9 Å². The van der Waals surface area contributed by atoms with Crippen LogP contribution in [0.25, 0.3) is 11.1 Å². The molecule has 5 nitrogen and oxygen atoms in total. The van der Waals surface area contributed by atoms with Crippen molar-refractivity contribution in [1.82, 2.24) is 4.98 Å². The molecule has 0 aliphatic carbocycles. The number of carbonyl (C=O) groups excluding carboxylic acids is 1. The molecule has 23 heavy (non-hydrogen) atoms. The number of oxazole rings is 1. The number of ether oxygens (including phenoxy) is 1. The molecule has 1 aromatic heterocycles. The summed E-state index contributed by atoms with van der Waals surface area (Å²) >= 11 is 0. The van der Waals surface area contributed by atoms with Crippen molar-refractivity contribution in [3.63, 3.8) is 0 Å². The van der Waals surface area contributed by atoms with Crippen LogP contribution in [0.1, 0.15) is 13.3 Å². The van der Waals surface area contributed by atoms with E-state index in [0.717, 1.165) is 12.1 Å². The van der Waals surface area contributed by atoms with E-state index in [-0.39, 0.29) is 18.6 Å². The number of rotatable bonds is 6. The number of anilines is 1. The Labute approximate surface area is 134 Å². The third-order valence-corrected chi connectivity index (χ3v) is 3.41. The first-order chi connectivity index (χ1) is 11.3. The van der Waals surface area contributed by atoms with Crippen LogP contribution in [-0.2, 0) is 4.79 Å². The molecule has 5 heteroatoms. The molecule has 0 aliphatic heterocycles. The molecule has 3 rings (SSSR count). The zero-order valence-electron chi connectivity index (χ0n) is 12.9. The van der Waals surface area contributed by atoms with Gasteiger partial charge in [0.2, 0.25) is 0 Å². The maximum absolute atomic E-state index is 12.5. The first-order valence-corrected chi connectivity index (χ1v) is 7.61. The van der Waals surface area contributed by atoms with Crippen LogP contribution in [0.3, 0.4) is 0 Å². The molecule has 0 N–H and O–H groups in total. The summed E-state index contributed by atoms with van der Waals surface area (Å²) in [5, 5.41) is 0. The number of aromatic nitrogens is 1. The molecule has 0 atom stereocenters. The van der Waals surface area contributed by atoms with Crippen LogP contribution in [0.2, 0.25) is 0 Å². The Hall–Kier alpha value is -2.82. The lowest BCUT2D eigenvalue weighted by molar-refractivity contribution is -0.121. The smallest absolute Gasteiger partial charge is 0.395 e. The van der Waals surface area contributed by atoms with E-state index < -0.39 is 0 Å². The van der Waals surface area contributed by atoms with Gasteiger partial charge in [0, 0.05) is 12.2 Å². The Kier molecular flexibility index (Phi) is 4.57. The summed E-state index contributed by atoms with van der Waals surface area (Å²) in [4.78, 5) is 18.4. The fraction of sp³-hybridized carbons (Fsp3) is 0.222. The van der Waals surface area contributed by atoms with Gasteiger partial charge < -0.3 is 14.1 Å². The van der Waals surface area contributed by atoms with Gasteiger partial charge in [0.05, 0.1) is 0 Å². The molecule has 0 aliphatic rings. The normalized spacial score (nSPS) is 10.7. The predicted molar refractivity (Wildman–Crippen MR) is 88.6 cm³/mol. The number of fused-ring (bicyclic) bond motifs is 1. The minimum Gasteiger partial charge on any atom is -0.440 e. The molecule has 0 saturated heterocycles. The zero-order valence-corrected chi connectivity index (χ0v) is 12.9. The molecule has 1 amide bonds. The summed E-state index contributed by atoms with van der Waals surface area (Å²) in [6.45, 7) is 2.56. The van der Waals surface area contributed by atoms with E-state index in [2.05, 4.69) is 4.98 Å². The molecule has 118 valence electrons. The summed E-state index contributed by atoms with van der Waals surface area (Å²) in [6.07, 6.45) is 0.979. The van der Waals surface area contributed by atoms with Gasteiger partial charge in [-0.2, -0.15) is 4.98 Å². The second-order valence-electron chi connectivity index (χ2n) is 5.12. The van der Waals surface area contributed by atoms with Gasteiger partial charge in [-0.3, -0.25) is 4.79 Å². The quantitative estimate of drug-likeness (QED) is 0.697. The van der Waals surface area contributed by atoms with Gasteiger partial charge in [0.25, 0.3) is 5.91 Å². The fourth-order valence-corrected chi connectivity index (χ4v) is 2.34. The summed E-state index contributed by atoms with van der Waals surface area (Å²) in [6, 6.07) is 16.9. The number of amides is 1. The Balaban J connectivity index is 1.69. The van der Waals surface area contributed by atoms with E-state index in [9.17, 15) is 4.79 Å². The second-order valence-corrected chi connectivity index (χ2v) is 5.12. The van der Waals surface area contributed by atoms with Crippen molar-refractivity contribution in [2.75, 3.05) is 18.1 Å². The number of para-hydroxylation sites is 3. The topological polar surface area (TPSA) is 55.6 Å². The SMILES string of the molecule is CCCN(C(=O)COc1nc2ccccc2o1)c1ccccc1. The van der Waals surface area contributed by atoms with Crippen molar-refractivity contribution in [3.8, 4) is 6.08 Å². The highest BCUT2D eigenvalue weighted by molar-refractivity contribution is 5.94. The molecule has 0 saturated carbocycles. The number of hydrogen-bond donors (Lipinski definition) is 0. The van der Waals surface area contributed by atoms with Gasteiger partial charge in [-0.1, -0.05) is 37.3 Å². The Morgan fingerprint density at radius 3 is 2.61 bits per heavy atom. The molecule has 3 aromatic rings. The van der Waals surface area contributed by atoms with Crippen LogP contribution in [0.4, 0.5) is 5.69 Å². The van der Waals surface area contributed by atoms with Crippen molar-refractivity contribution in [1.29, 1.82) is 0 Å². The van der Waals surface area contributed by atoms with E-state index in [1.165, 1.54) is 0 Å². The lowest BCUT2D eigenvalue weighted by atomic mass is 10.2. The summed E-state index contributed by atoms with van der Waals surface area (Å²) in [7, 11) is 0. The van der Waals surface area contributed by atoms with Gasteiger partial charge in [-0.25, -0.2) is 0 Å². The first kappa shape index (κ1) is 15.1. The van der Waals surface area contributed by atoms with Crippen LogP contribution in [0.15, 0.2) is 59.0 Å². The third-order valence-electron chi connectivity index (χ3n) is 3.41. The molecule has 2 aromatic carbocycles. The van der Waals surface area contributed by atoms with E-state index in [4.69, 9.17) is 9.15 Å². The minimum atomic E-state index is -0.125. The maximum Gasteiger partial charge on any atom is 0.395 e. The minimum absolute atomic E-state index is 0.109. The van der Waals surface area contributed by atoms with Gasteiger partial charge >= 0.3 is 6.08 Å². The van der Waals surface area contributed by atoms with Gasteiger partial charge in [-0.05, 0) is 30.7 Å². The average molecular weight is 310 g/mol. The van der Waals surface area contributed by atoms with Crippen molar-refractivity contribution in [2.24, 2.45) is 0 Å². The monoisotopic (exact) mass is 310 g/mol. The van der Waals surface area contributed by atoms with Crippen molar-refractivity contribution >= 4 is 22.7 Å². The molecular weight excluding hydrogens is 292 g/mol. The molecule has 0 fully saturated rings. The standard InChI is InChI=1S/C18H18N2O3/c1-2-12-20(14-8-4-3-5-9-14)17(21)13-22-18-19-15-10-6-7-11-16(15)23-18/h3-11H,2,12-13H2,1H3. The maximum atomic E-state index is 12.5. The largest absolute Gasteiger partial charge is 0.440 e. The van der Waals surface area contributed by atoms with E-state index in [1.54, 1.807) is 4.90 Å². The number of nitrogens with zero attached hydrogens (tertiary/aromatic N) is 2. The molecule has 1 heterocycles. The predicted octanol–water partition coefficient (Wildman–Crippen LogP) is 3.65. The van der Waals surface area contributed by atoms with Crippen LogP contribution >= 0.6 is 0 Å². The molecular formula is C18H18N2O3. The van der Waals surface area contributed by atoms with Crippen molar-refractivity contribution in [2.45, 2.75) is 13.3 Å².